The molecule has 2 aromatic rings. The maximum absolute atomic E-state index is 5.51. The Morgan fingerprint density at radius 1 is 1.17 bits per heavy atom. The molecule has 0 saturated heterocycles. The minimum atomic E-state index is -1.25. The van der Waals surface area contributed by atoms with Crippen molar-refractivity contribution in [3.63, 3.8) is 0 Å². The fourth-order valence-electron chi connectivity index (χ4n) is 4.13. The van der Waals surface area contributed by atoms with Crippen molar-refractivity contribution in [3.8, 4) is 5.75 Å². The SMILES string of the molecule is COc1ccc2c(c1)c1c(n2C[Si](C)(C)C)C(C)=C2C=CC=CC21. The lowest BCUT2D eigenvalue weighted by atomic mass is 9.91. The number of fused-ring (bicyclic) bond motifs is 5. The lowest BCUT2D eigenvalue weighted by Crippen LogP contribution is -2.28. The van der Waals surface area contributed by atoms with E-state index in [9.17, 15) is 0 Å². The predicted octanol–water partition coefficient (Wildman–Crippen LogP) is 5.52. The number of benzene rings is 1. The van der Waals surface area contributed by atoms with Crippen molar-refractivity contribution >= 4 is 24.5 Å². The molecular formula is C21H25NOSi. The minimum absolute atomic E-state index is 0.391. The summed E-state index contributed by atoms with van der Waals surface area (Å²) in [6, 6.07) is 6.55. The molecule has 0 fully saturated rings. The van der Waals surface area contributed by atoms with E-state index in [0.29, 0.717) is 5.92 Å². The van der Waals surface area contributed by atoms with E-state index in [-0.39, 0.29) is 0 Å². The summed E-state index contributed by atoms with van der Waals surface area (Å²) < 4.78 is 8.09. The predicted molar refractivity (Wildman–Crippen MR) is 105 cm³/mol. The topological polar surface area (TPSA) is 14.2 Å². The summed E-state index contributed by atoms with van der Waals surface area (Å²) in [5.41, 5.74) is 7.15. The van der Waals surface area contributed by atoms with Gasteiger partial charge in [-0.05, 0) is 41.8 Å². The minimum Gasteiger partial charge on any atom is -0.497 e. The van der Waals surface area contributed by atoms with Crippen molar-refractivity contribution in [1.29, 1.82) is 0 Å². The number of hydrogen-bond acceptors (Lipinski definition) is 1. The molecule has 1 atom stereocenters. The molecule has 0 amide bonds. The molecule has 0 spiro atoms. The Balaban J connectivity index is 2.05. The highest BCUT2D eigenvalue weighted by Gasteiger charge is 2.34. The zero-order valence-electron chi connectivity index (χ0n) is 15.2. The number of allylic oxidation sites excluding steroid dienone is 6. The van der Waals surface area contributed by atoms with Gasteiger partial charge in [0.05, 0.1) is 15.2 Å². The Labute approximate surface area is 145 Å². The van der Waals surface area contributed by atoms with Gasteiger partial charge in [-0.1, -0.05) is 43.9 Å². The van der Waals surface area contributed by atoms with Gasteiger partial charge in [-0.2, -0.15) is 0 Å². The Bertz CT molecular complexity index is 921. The summed E-state index contributed by atoms with van der Waals surface area (Å²) in [6.07, 6.45) is 10.1. The smallest absolute Gasteiger partial charge is 0.119 e. The van der Waals surface area contributed by atoms with E-state index in [1.165, 1.54) is 33.3 Å². The average molecular weight is 336 g/mol. The summed E-state index contributed by atoms with van der Waals surface area (Å²) in [5.74, 6) is 1.33. The van der Waals surface area contributed by atoms with Crippen LogP contribution in [0.3, 0.4) is 0 Å². The zero-order valence-corrected chi connectivity index (χ0v) is 16.2. The van der Waals surface area contributed by atoms with Crippen molar-refractivity contribution < 1.29 is 4.74 Å². The van der Waals surface area contributed by atoms with Crippen LogP contribution < -0.4 is 4.74 Å². The molecule has 2 aliphatic carbocycles. The third kappa shape index (κ3) is 2.22. The normalized spacial score (nSPS) is 19.1. The van der Waals surface area contributed by atoms with Crippen molar-refractivity contribution in [2.75, 3.05) is 7.11 Å². The Kier molecular flexibility index (Phi) is 3.39. The molecule has 0 radical (unpaired) electrons. The second-order valence-corrected chi connectivity index (χ2v) is 13.5. The van der Waals surface area contributed by atoms with Crippen molar-refractivity contribution in [2.45, 2.75) is 38.7 Å². The van der Waals surface area contributed by atoms with Crippen LogP contribution in [0.2, 0.25) is 19.6 Å². The molecule has 124 valence electrons. The monoisotopic (exact) mass is 335 g/mol. The fourth-order valence-corrected chi connectivity index (χ4v) is 5.41. The molecule has 2 nitrogen and oxygen atoms in total. The van der Waals surface area contributed by atoms with Crippen LogP contribution in [0, 0.1) is 0 Å². The number of methoxy groups -OCH3 is 1. The largest absolute Gasteiger partial charge is 0.497 e. The van der Waals surface area contributed by atoms with Gasteiger partial charge in [0.1, 0.15) is 5.75 Å². The van der Waals surface area contributed by atoms with E-state index in [0.717, 1.165) is 11.9 Å². The van der Waals surface area contributed by atoms with Crippen LogP contribution in [0.25, 0.3) is 16.5 Å². The molecule has 3 heteroatoms. The molecule has 1 aromatic heterocycles. The maximum atomic E-state index is 5.51. The van der Waals surface area contributed by atoms with E-state index in [1.54, 1.807) is 7.11 Å². The Morgan fingerprint density at radius 2 is 1.96 bits per heavy atom. The molecule has 0 saturated carbocycles. The van der Waals surface area contributed by atoms with E-state index >= 15 is 0 Å². The van der Waals surface area contributed by atoms with Gasteiger partial charge in [0.25, 0.3) is 0 Å². The van der Waals surface area contributed by atoms with E-state index in [1.807, 2.05) is 0 Å². The van der Waals surface area contributed by atoms with Gasteiger partial charge >= 0.3 is 0 Å². The first-order chi connectivity index (χ1) is 11.4. The van der Waals surface area contributed by atoms with Crippen molar-refractivity contribution in [2.24, 2.45) is 0 Å². The van der Waals surface area contributed by atoms with Gasteiger partial charge in [0.2, 0.25) is 0 Å². The van der Waals surface area contributed by atoms with Gasteiger partial charge < -0.3 is 9.30 Å². The second kappa shape index (κ2) is 5.25. The van der Waals surface area contributed by atoms with Crippen LogP contribution in [-0.4, -0.2) is 19.8 Å². The number of aromatic nitrogens is 1. The first-order valence-corrected chi connectivity index (χ1v) is 12.4. The van der Waals surface area contributed by atoms with Crippen LogP contribution in [0.1, 0.15) is 24.1 Å². The van der Waals surface area contributed by atoms with Gasteiger partial charge in [0, 0.05) is 28.7 Å². The molecule has 0 aliphatic heterocycles. The highest BCUT2D eigenvalue weighted by Crippen LogP contribution is 2.49. The number of rotatable bonds is 3. The number of hydrogen-bond donors (Lipinski definition) is 0. The summed E-state index contributed by atoms with van der Waals surface area (Å²) in [5, 5.41) is 1.35. The highest BCUT2D eigenvalue weighted by atomic mass is 28.3. The fraction of sp³-hybridized carbons (Fsp3) is 0.333. The van der Waals surface area contributed by atoms with E-state index < -0.39 is 8.07 Å². The highest BCUT2D eigenvalue weighted by molar-refractivity contribution is 6.75. The lowest BCUT2D eigenvalue weighted by molar-refractivity contribution is 0.415. The Hall–Kier alpha value is -2.00. The standard InChI is InChI=1S/C21H25NOSi/c1-14-16-8-6-7-9-17(16)20-18-12-15(23-2)10-11-19(18)22(21(14)20)13-24(3,4)5/h6-12,17H,13H2,1-5H3. The third-order valence-corrected chi connectivity index (χ3v) is 6.33. The molecule has 1 aromatic carbocycles. The second-order valence-electron chi connectivity index (χ2n) is 8.09. The summed E-state index contributed by atoms with van der Waals surface area (Å²) in [4.78, 5) is 0. The summed E-state index contributed by atoms with van der Waals surface area (Å²) in [7, 11) is 0.500. The van der Waals surface area contributed by atoms with Crippen molar-refractivity contribution in [3.05, 3.63) is 59.3 Å². The maximum Gasteiger partial charge on any atom is 0.119 e. The van der Waals surface area contributed by atoms with E-state index in [2.05, 4.69) is 73.6 Å². The lowest BCUT2D eigenvalue weighted by Gasteiger charge is -2.20. The van der Waals surface area contributed by atoms with Crippen LogP contribution in [0.5, 0.6) is 5.75 Å². The van der Waals surface area contributed by atoms with Gasteiger partial charge in [-0.15, -0.1) is 0 Å². The molecule has 1 unspecified atom stereocenters. The molecule has 0 bridgehead atoms. The quantitative estimate of drug-likeness (QED) is 0.673. The van der Waals surface area contributed by atoms with Gasteiger partial charge in [-0.25, -0.2) is 0 Å². The van der Waals surface area contributed by atoms with Crippen LogP contribution in [0.15, 0.2) is 48.1 Å². The first-order valence-electron chi connectivity index (χ1n) is 8.67. The first kappa shape index (κ1) is 15.5. The number of nitrogens with zero attached hydrogens (tertiary/aromatic N) is 1. The number of ether oxygens (including phenoxy) is 1. The third-order valence-electron chi connectivity index (χ3n) is 5.07. The molecular weight excluding hydrogens is 310 g/mol. The summed E-state index contributed by atoms with van der Waals surface area (Å²) in [6.45, 7) is 9.62. The molecule has 24 heavy (non-hydrogen) atoms. The van der Waals surface area contributed by atoms with Crippen LogP contribution in [0.4, 0.5) is 0 Å². The zero-order chi connectivity index (χ0) is 17.1. The summed E-state index contributed by atoms with van der Waals surface area (Å²) >= 11 is 0. The molecule has 0 N–H and O–H groups in total. The Morgan fingerprint density at radius 3 is 2.67 bits per heavy atom. The van der Waals surface area contributed by atoms with Crippen molar-refractivity contribution in [1.82, 2.24) is 4.57 Å². The molecule has 4 rings (SSSR count). The van der Waals surface area contributed by atoms with Gasteiger partial charge in [-0.3, -0.25) is 0 Å². The average Bonchev–Trinajstić information content (AvgIpc) is 3.01. The van der Waals surface area contributed by atoms with E-state index in [4.69, 9.17) is 4.74 Å². The molecule has 1 heterocycles. The van der Waals surface area contributed by atoms with Gasteiger partial charge in [0.15, 0.2) is 0 Å². The van der Waals surface area contributed by atoms with Crippen LogP contribution >= 0.6 is 0 Å². The van der Waals surface area contributed by atoms with Crippen LogP contribution in [-0.2, 0) is 6.17 Å². The molecule has 2 aliphatic rings.